The molecule has 1 aromatic heterocycles. The van der Waals surface area contributed by atoms with Gasteiger partial charge in [-0.2, -0.15) is 0 Å². The lowest BCUT2D eigenvalue weighted by atomic mass is 9.91. The Bertz CT molecular complexity index is 598. The molecule has 0 bridgehead atoms. The molecule has 0 N–H and O–H groups in total. The molecule has 2 heterocycles. The topological polar surface area (TPSA) is 56.5 Å². The van der Waals surface area contributed by atoms with E-state index in [1.54, 1.807) is 36.4 Å². The Hall–Kier alpha value is -2.36. The van der Waals surface area contributed by atoms with Crippen molar-refractivity contribution < 1.29 is 18.7 Å². The van der Waals surface area contributed by atoms with Crippen LogP contribution in [0.5, 0.6) is 5.75 Å². The lowest BCUT2D eigenvalue weighted by molar-refractivity contribution is 0.0706. The van der Waals surface area contributed by atoms with Gasteiger partial charge < -0.3 is 9.15 Å². The Balaban J connectivity index is 1.94. The maximum Gasteiger partial charge on any atom is 0.212 e. The summed E-state index contributed by atoms with van der Waals surface area (Å²) in [5.41, 5.74) is 0.452. The number of carbonyl (C=O) groups is 2. The average Bonchev–Trinajstić information content (AvgIpc) is 2.93. The van der Waals surface area contributed by atoms with Crippen LogP contribution in [0.25, 0.3) is 0 Å². The van der Waals surface area contributed by atoms with Crippen LogP contribution in [-0.2, 0) is 0 Å². The first-order valence-corrected chi connectivity index (χ1v) is 5.61. The number of para-hydroxylation sites is 1. The minimum Gasteiger partial charge on any atom is -0.492 e. The van der Waals surface area contributed by atoms with Crippen LogP contribution in [0.2, 0.25) is 0 Å². The van der Waals surface area contributed by atoms with Crippen molar-refractivity contribution in [3.63, 3.8) is 0 Å². The van der Waals surface area contributed by atoms with Gasteiger partial charge in [-0.1, -0.05) is 12.1 Å². The molecule has 1 aliphatic heterocycles. The monoisotopic (exact) mass is 242 g/mol. The highest BCUT2D eigenvalue weighted by Crippen LogP contribution is 2.28. The average molecular weight is 242 g/mol. The minimum absolute atomic E-state index is 0.0649. The first kappa shape index (κ1) is 10.8. The second kappa shape index (κ2) is 4.14. The van der Waals surface area contributed by atoms with E-state index in [0.29, 0.717) is 11.3 Å². The molecule has 90 valence electrons. The third-order valence-electron chi connectivity index (χ3n) is 2.96. The third kappa shape index (κ3) is 1.62. The summed E-state index contributed by atoms with van der Waals surface area (Å²) in [6.07, 6.45) is 1.41. The van der Waals surface area contributed by atoms with Crippen molar-refractivity contribution in [2.75, 3.05) is 6.61 Å². The van der Waals surface area contributed by atoms with Crippen LogP contribution in [0.3, 0.4) is 0 Å². The lowest BCUT2D eigenvalue weighted by Crippen LogP contribution is -2.34. The fourth-order valence-electron chi connectivity index (χ4n) is 2.02. The van der Waals surface area contributed by atoms with Gasteiger partial charge in [0.25, 0.3) is 0 Å². The van der Waals surface area contributed by atoms with Gasteiger partial charge in [0.1, 0.15) is 18.3 Å². The molecule has 0 spiro atoms. The molecule has 0 radical (unpaired) electrons. The van der Waals surface area contributed by atoms with Crippen LogP contribution >= 0.6 is 0 Å². The Morgan fingerprint density at radius 3 is 2.78 bits per heavy atom. The summed E-state index contributed by atoms with van der Waals surface area (Å²) in [5.74, 6) is -0.633. The van der Waals surface area contributed by atoms with E-state index in [1.807, 2.05) is 0 Å². The first-order valence-electron chi connectivity index (χ1n) is 5.61. The zero-order valence-corrected chi connectivity index (χ0v) is 9.46. The number of rotatable bonds is 2. The molecule has 2 aromatic rings. The lowest BCUT2D eigenvalue weighted by Gasteiger charge is -2.22. The summed E-state index contributed by atoms with van der Waals surface area (Å²) in [6, 6.07) is 10.1. The van der Waals surface area contributed by atoms with Crippen molar-refractivity contribution in [1.82, 2.24) is 0 Å². The molecule has 3 rings (SSSR count). The van der Waals surface area contributed by atoms with Crippen molar-refractivity contribution in [2.45, 2.75) is 0 Å². The Kier molecular flexibility index (Phi) is 2.48. The number of ketones is 2. The fraction of sp³-hybridized carbons (Fsp3) is 0.143. The minimum atomic E-state index is -0.814. The van der Waals surface area contributed by atoms with Crippen molar-refractivity contribution in [3.8, 4) is 5.75 Å². The van der Waals surface area contributed by atoms with Crippen LogP contribution in [0.1, 0.15) is 20.9 Å². The molecule has 1 aromatic carbocycles. The highest BCUT2D eigenvalue weighted by molar-refractivity contribution is 6.16. The van der Waals surface area contributed by atoms with Gasteiger partial charge in [0, 0.05) is 0 Å². The standard InChI is InChI=1S/C14H10O4/c15-13-9-4-1-2-5-11(9)18-8-10(13)14(16)12-6-3-7-17-12/h1-7,10H,8H2. The number of benzene rings is 1. The van der Waals surface area contributed by atoms with Gasteiger partial charge >= 0.3 is 0 Å². The summed E-state index contributed by atoms with van der Waals surface area (Å²) < 4.78 is 10.5. The summed E-state index contributed by atoms with van der Waals surface area (Å²) >= 11 is 0. The molecule has 18 heavy (non-hydrogen) atoms. The molecule has 4 nitrogen and oxygen atoms in total. The summed E-state index contributed by atoms with van der Waals surface area (Å²) in [7, 11) is 0. The number of hydrogen-bond donors (Lipinski definition) is 0. The molecule has 0 saturated carbocycles. The van der Waals surface area contributed by atoms with Gasteiger partial charge in [-0.05, 0) is 24.3 Å². The molecule has 4 heteroatoms. The summed E-state index contributed by atoms with van der Waals surface area (Å²) in [5, 5.41) is 0. The molecular formula is C14H10O4. The van der Waals surface area contributed by atoms with Crippen molar-refractivity contribution in [3.05, 3.63) is 54.0 Å². The molecule has 1 unspecified atom stereocenters. The molecule has 0 aliphatic carbocycles. The predicted octanol–water partition coefficient (Wildman–Crippen LogP) is 2.35. The van der Waals surface area contributed by atoms with E-state index in [4.69, 9.17) is 9.15 Å². The first-order chi connectivity index (χ1) is 8.77. The van der Waals surface area contributed by atoms with E-state index in [0.717, 1.165) is 0 Å². The van der Waals surface area contributed by atoms with Crippen LogP contribution in [0.15, 0.2) is 47.1 Å². The smallest absolute Gasteiger partial charge is 0.212 e. The molecular weight excluding hydrogens is 232 g/mol. The van der Waals surface area contributed by atoms with Crippen LogP contribution in [-0.4, -0.2) is 18.2 Å². The van der Waals surface area contributed by atoms with E-state index in [9.17, 15) is 9.59 Å². The Labute approximate surface area is 103 Å². The Morgan fingerprint density at radius 2 is 2.00 bits per heavy atom. The highest BCUT2D eigenvalue weighted by Gasteiger charge is 2.35. The van der Waals surface area contributed by atoms with E-state index in [-0.39, 0.29) is 23.9 Å². The number of fused-ring (bicyclic) bond motifs is 1. The van der Waals surface area contributed by atoms with Crippen molar-refractivity contribution in [2.24, 2.45) is 5.92 Å². The molecule has 0 fully saturated rings. The molecule has 1 atom stereocenters. The van der Waals surface area contributed by atoms with E-state index >= 15 is 0 Å². The van der Waals surface area contributed by atoms with E-state index < -0.39 is 5.92 Å². The van der Waals surface area contributed by atoms with Gasteiger partial charge in [-0.25, -0.2) is 0 Å². The number of carbonyl (C=O) groups excluding carboxylic acids is 2. The van der Waals surface area contributed by atoms with Crippen LogP contribution < -0.4 is 4.74 Å². The van der Waals surface area contributed by atoms with E-state index in [2.05, 4.69) is 0 Å². The largest absolute Gasteiger partial charge is 0.492 e. The molecule has 1 aliphatic rings. The SMILES string of the molecule is O=C(c1ccco1)C1COc2ccccc2C1=O. The molecule has 0 amide bonds. The molecule has 0 saturated heterocycles. The second-order valence-electron chi connectivity index (χ2n) is 4.07. The predicted molar refractivity (Wildman–Crippen MR) is 62.8 cm³/mol. The normalized spacial score (nSPS) is 18.0. The zero-order chi connectivity index (χ0) is 12.5. The van der Waals surface area contributed by atoms with Gasteiger partial charge in [0.15, 0.2) is 11.5 Å². The van der Waals surface area contributed by atoms with Gasteiger partial charge in [0.2, 0.25) is 5.78 Å². The van der Waals surface area contributed by atoms with Gasteiger partial charge in [0.05, 0.1) is 11.8 Å². The number of furan rings is 1. The van der Waals surface area contributed by atoms with Crippen LogP contribution in [0, 0.1) is 5.92 Å². The van der Waals surface area contributed by atoms with Crippen LogP contribution in [0.4, 0.5) is 0 Å². The Morgan fingerprint density at radius 1 is 1.17 bits per heavy atom. The number of ether oxygens (including phenoxy) is 1. The summed E-state index contributed by atoms with van der Waals surface area (Å²) in [4.78, 5) is 24.3. The van der Waals surface area contributed by atoms with Gasteiger partial charge in [-0.3, -0.25) is 9.59 Å². The number of Topliss-reactive ketones (excluding diaryl/α,β-unsaturated/α-hetero) is 2. The summed E-state index contributed by atoms with van der Waals surface area (Å²) in [6.45, 7) is 0.0649. The maximum atomic E-state index is 12.2. The van der Waals surface area contributed by atoms with E-state index in [1.165, 1.54) is 6.26 Å². The number of hydrogen-bond acceptors (Lipinski definition) is 4. The van der Waals surface area contributed by atoms with Crippen molar-refractivity contribution >= 4 is 11.6 Å². The maximum absolute atomic E-state index is 12.2. The zero-order valence-electron chi connectivity index (χ0n) is 9.46. The third-order valence-corrected chi connectivity index (χ3v) is 2.96. The highest BCUT2D eigenvalue weighted by atomic mass is 16.5. The second-order valence-corrected chi connectivity index (χ2v) is 4.07. The quantitative estimate of drug-likeness (QED) is 0.599. The fourth-order valence-corrected chi connectivity index (χ4v) is 2.02. The van der Waals surface area contributed by atoms with Crippen molar-refractivity contribution in [1.29, 1.82) is 0 Å². The van der Waals surface area contributed by atoms with Gasteiger partial charge in [-0.15, -0.1) is 0 Å².